The van der Waals surface area contributed by atoms with E-state index in [1.807, 2.05) is 11.3 Å². The number of halogens is 2. The normalized spacial score (nSPS) is 15.7. The van der Waals surface area contributed by atoms with E-state index in [0.717, 1.165) is 0 Å². The molecular weight excluding hydrogens is 372 g/mol. The molecule has 1 aromatic carbocycles. The fraction of sp³-hybridized carbons (Fsp3) is 0.333. The molecule has 1 aromatic heterocycles. The third-order valence-electron chi connectivity index (χ3n) is 3.48. The third kappa shape index (κ3) is 2.33. The van der Waals surface area contributed by atoms with Crippen molar-refractivity contribution in [2.45, 2.75) is 31.0 Å². The number of aryl methyl sites for hydroxylation is 3. The zero-order chi connectivity index (χ0) is 12.7. The second kappa shape index (κ2) is 5.10. The average molecular weight is 386 g/mol. The van der Waals surface area contributed by atoms with Crippen molar-refractivity contribution in [2.75, 3.05) is 0 Å². The molecule has 3 heteroatoms. The molecule has 2 aromatic rings. The molecule has 1 heterocycles. The maximum atomic E-state index is 3.85. The molecule has 1 aliphatic rings. The number of hydrogen-bond donors (Lipinski definition) is 0. The highest BCUT2D eigenvalue weighted by Crippen LogP contribution is 2.41. The summed E-state index contributed by atoms with van der Waals surface area (Å²) in [7, 11) is 0. The lowest BCUT2D eigenvalue weighted by Crippen LogP contribution is -1.93. The predicted octanol–water partition coefficient (Wildman–Crippen LogP) is 5.79. The summed E-state index contributed by atoms with van der Waals surface area (Å²) in [5, 5.41) is 0. The van der Waals surface area contributed by atoms with Crippen LogP contribution in [0.15, 0.2) is 28.7 Å². The second-order valence-electron chi connectivity index (χ2n) is 4.81. The van der Waals surface area contributed by atoms with Crippen LogP contribution < -0.4 is 0 Å². The summed E-state index contributed by atoms with van der Waals surface area (Å²) in [4.78, 5) is 3.02. The number of fused-ring (bicyclic) bond motifs is 1. The molecule has 0 amide bonds. The van der Waals surface area contributed by atoms with Crippen LogP contribution in [0.5, 0.6) is 0 Å². The SMILES string of the molecule is Cc1cc(Br)c(C(Br)c2ccc3c(c2)CCC3)s1. The van der Waals surface area contributed by atoms with Gasteiger partial charge in [0.15, 0.2) is 0 Å². The molecule has 18 heavy (non-hydrogen) atoms. The van der Waals surface area contributed by atoms with Crippen LogP contribution in [0.4, 0.5) is 0 Å². The number of alkyl halides is 1. The Morgan fingerprint density at radius 3 is 2.67 bits per heavy atom. The highest BCUT2D eigenvalue weighted by molar-refractivity contribution is 9.11. The van der Waals surface area contributed by atoms with Gasteiger partial charge in [0.1, 0.15) is 0 Å². The third-order valence-corrected chi connectivity index (χ3v) is 6.81. The Bertz CT molecular complexity index is 586. The first kappa shape index (κ1) is 12.9. The van der Waals surface area contributed by atoms with Crippen molar-refractivity contribution in [3.05, 3.63) is 55.2 Å². The quantitative estimate of drug-likeness (QED) is 0.573. The van der Waals surface area contributed by atoms with Gasteiger partial charge >= 0.3 is 0 Å². The van der Waals surface area contributed by atoms with E-state index in [-0.39, 0.29) is 0 Å². The minimum Gasteiger partial charge on any atom is -0.143 e. The van der Waals surface area contributed by atoms with Crippen LogP contribution in [-0.2, 0) is 12.8 Å². The Morgan fingerprint density at radius 1 is 1.17 bits per heavy atom. The van der Waals surface area contributed by atoms with E-state index in [9.17, 15) is 0 Å². The highest BCUT2D eigenvalue weighted by Gasteiger charge is 2.19. The molecule has 0 bridgehead atoms. The van der Waals surface area contributed by atoms with Crippen molar-refractivity contribution >= 4 is 43.2 Å². The molecule has 0 radical (unpaired) electrons. The van der Waals surface area contributed by atoms with Crippen molar-refractivity contribution in [1.29, 1.82) is 0 Å². The molecule has 0 fully saturated rings. The van der Waals surface area contributed by atoms with E-state index < -0.39 is 0 Å². The summed E-state index contributed by atoms with van der Waals surface area (Å²) in [6.45, 7) is 2.15. The first-order valence-electron chi connectivity index (χ1n) is 6.17. The summed E-state index contributed by atoms with van der Waals surface area (Å²) in [5.74, 6) is 0. The summed E-state index contributed by atoms with van der Waals surface area (Å²) in [6.07, 6.45) is 3.81. The van der Waals surface area contributed by atoms with Gasteiger partial charge in [-0.3, -0.25) is 0 Å². The van der Waals surface area contributed by atoms with E-state index in [1.165, 1.54) is 39.1 Å². The Morgan fingerprint density at radius 2 is 1.94 bits per heavy atom. The summed E-state index contributed by atoms with van der Waals surface area (Å²) in [5.41, 5.74) is 4.46. The molecule has 3 rings (SSSR count). The van der Waals surface area contributed by atoms with Crippen LogP contribution in [0.25, 0.3) is 0 Å². The van der Waals surface area contributed by atoms with Crippen molar-refractivity contribution in [2.24, 2.45) is 0 Å². The van der Waals surface area contributed by atoms with Crippen molar-refractivity contribution in [3.8, 4) is 0 Å². The summed E-state index contributed by atoms with van der Waals surface area (Å²) >= 11 is 9.36. The lowest BCUT2D eigenvalue weighted by atomic mass is 10.0. The molecule has 0 nitrogen and oxygen atoms in total. The number of hydrogen-bond acceptors (Lipinski definition) is 1. The van der Waals surface area contributed by atoms with E-state index in [0.29, 0.717) is 4.83 Å². The zero-order valence-electron chi connectivity index (χ0n) is 10.2. The lowest BCUT2D eigenvalue weighted by Gasteiger charge is -2.11. The molecule has 0 spiro atoms. The van der Waals surface area contributed by atoms with Gasteiger partial charge in [-0.2, -0.15) is 0 Å². The molecule has 0 saturated heterocycles. The Balaban J connectivity index is 1.97. The van der Waals surface area contributed by atoms with Crippen LogP contribution in [0.2, 0.25) is 0 Å². The van der Waals surface area contributed by atoms with Crippen LogP contribution in [0, 0.1) is 6.92 Å². The predicted molar refractivity (Wildman–Crippen MR) is 86.0 cm³/mol. The van der Waals surface area contributed by atoms with Crippen LogP contribution >= 0.6 is 43.2 Å². The number of benzene rings is 1. The van der Waals surface area contributed by atoms with Crippen molar-refractivity contribution in [3.63, 3.8) is 0 Å². The molecule has 0 saturated carbocycles. The monoisotopic (exact) mass is 384 g/mol. The summed E-state index contributed by atoms with van der Waals surface area (Å²) in [6, 6.07) is 9.15. The van der Waals surface area contributed by atoms with Gasteiger partial charge in [0, 0.05) is 14.2 Å². The highest BCUT2D eigenvalue weighted by atomic mass is 79.9. The van der Waals surface area contributed by atoms with Gasteiger partial charge in [-0.25, -0.2) is 0 Å². The first-order valence-corrected chi connectivity index (χ1v) is 8.69. The van der Waals surface area contributed by atoms with Gasteiger partial charge in [-0.15, -0.1) is 11.3 Å². The van der Waals surface area contributed by atoms with Gasteiger partial charge in [0.25, 0.3) is 0 Å². The molecule has 0 N–H and O–H groups in total. The summed E-state index contributed by atoms with van der Waals surface area (Å²) < 4.78 is 1.22. The van der Waals surface area contributed by atoms with Crippen LogP contribution in [-0.4, -0.2) is 0 Å². The smallest absolute Gasteiger partial charge is 0.0749 e. The molecule has 1 unspecified atom stereocenters. The molecular formula is C15H14Br2S. The van der Waals surface area contributed by atoms with E-state index >= 15 is 0 Å². The fourth-order valence-electron chi connectivity index (χ4n) is 2.57. The average Bonchev–Trinajstić information content (AvgIpc) is 2.93. The van der Waals surface area contributed by atoms with E-state index in [4.69, 9.17) is 0 Å². The van der Waals surface area contributed by atoms with Crippen LogP contribution in [0.3, 0.4) is 0 Å². The molecule has 94 valence electrons. The van der Waals surface area contributed by atoms with Crippen LogP contribution in [0.1, 0.15) is 37.7 Å². The zero-order valence-corrected chi connectivity index (χ0v) is 14.2. The maximum Gasteiger partial charge on any atom is 0.0749 e. The Kier molecular flexibility index (Phi) is 3.65. The Hall–Kier alpha value is -0.120. The maximum absolute atomic E-state index is 3.85. The van der Waals surface area contributed by atoms with Gasteiger partial charge in [0.05, 0.1) is 4.83 Å². The molecule has 1 atom stereocenters. The Labute approximate surface area is 129 Å². The van der Waals surface area contributed by atoms with Gasteiger partial charge in [-0.05, 0) is 64.9 Å². The first-order chi connectivity index (χ1) is 8.65. The van der Waals surface area contributed by atoms with Crippen molar-refractivity contribution in [1.82, 2.24) is 0 Å². The molecule has 1 aliphatic carbocycles. The number of rotatable bonds is 2. The lowest BCUT2D eigenvalue weighted by molar-refractivity contribution is 0.911. The minimum atomic E-state index is 0.302. The van der Waals surface area contributed by atoms with Gasteiger partial charge in [0.2, 0.25) is 0 Å². The fourth-order valence-corrected chi connectivity index (χ4v) is 5.58. The van der Waals surface area contributed by atoms with E-state index in [1.54, 1.807) is 11.1 Å². The van der Waals surface area contributed by atoms with Gasteiger partial charge < -0.3 is 0 Å². The second-order valence-corrected chi connectivity index (χ2v) is 7.87. The topological polar surface area (TPSA) is 0 Å². The minimum absolute atomic E-state index is 0.302. The van der Waals surface area contributed by atoms with E-state index in [2.05, 4.69) is 63.0 Å². The van der Waals surface area contributed by atoms with Crippen molar-refractivity contribution < 1.29 is 0 Å². The van der Waals surface area contributed by atoms with Gasteiger partial charge in [-0.1, -0.05) is 34.1 Å². The molecule has 0 aliphatic heterocycles. The standard InChI is InChI=1S/C15H14Br2S/c1-9-7-13(16)15(18-9)14(17)12-6-5-10-3-2-4-11(10)8-12/h5-8,14H,2-4H2,1H3. The number of thiophene rings is 1. The largest absolute Gasteiger partial charge is 0.143 e.